The van der Waals surface area contributed by atoms with Gasteiger partial charge in [0.05, 0.1) is 0 Å². The summed E-state index contributed by atoms with van der Waals surface area (Å²) in [7, 11) is 0. The molecule has 0 fully saturated rings. The Kier molecular flexibility index (Phi) is 5.49. The summed E-state index contributed by atoms with van der Waals surface area (Å²) < 4.78 is 5.28. The van der Waals surface area contributed by atoms with Crippen molar-refractivity contribution in [3.8, 4) is 0 Å². The smallest absolute Gasteiger partial charge is 0.333 e. The van der Waals surface area contributed by atoms with Crippen LogP contribution in [-0.4, -0.2) is 5.97 Å². The van der Waals surface area contributed by atoms with Gasteiger partial charge in [-0.3, -0.25) is 0 Å². The zero-order valence-corrected chi connectivity index (χ0v) is 14.8. The van der Waals surface area contributed by atoms with Gasteiger partial charge in [-0.1, -0.05) is 55.1 Å². The molecule has 0 saturated heterocycles. The van der Waals surface area contributed by atoms with Crippen molar-refractivity contribution in [3.63, 3.8) is 0 Å². The van der Waals surface area contributed by atoms with E-state index in [4.69, 9.17) is 4.74 Å². The van der Waals surface area contributed by atoms with Gasteiger partial charge < -0.3 is 9.64 Å². The SMILES string of the molecule is C=C(C)C(=O)OCc1cccc(N(c2ccccc2)c2ccccc2)c1. The van der Waals surface area contributed by atoms with Crippen molar-refractivity contribution in [3.05, 3.63) is 103 Å². The van der Waals surface area contributed by atoms with Crippen LogP contribution >= 0.6 is 0 Å². The van der Waals surface area contributed by atoms with Crippen molar-refractivity contribution in [2.24, 2.45) is 0 Å². The molecule has 0 bridgehead atoms. The summed E-state index contributed by atoms with van der Waals surface area (Å²) in [6.45, 7) is 5.47. The summed E-state index contributed by atoms with van der Waals surface area (Å²) >= 11 is 0. The van der Waals surface area contributed by atoms with Gasteiger partial charge in [0.2, 0.25) is 0 Å². The molecule has 0 radical (unpaired) electrons. The molecule has 0 aliphatic carbocycles. The van der Waals surface area contributed by atoms with Crippen LogP contribution in [0, 0.1) is 0 Å². The number of para-hydroxylation sites is 2. The minimum atomic E-state index is -0.377. The largest absolute Gasteiger partial charge is 0.457 e. The van der Waals surface area contributed by atoms with Crippen LogP contribution in [-0.2, 0) is 16.1 Å². The van der Waals surface area contributed by atoms with Gasteiger partial charge in [-0.15, -0.1) is 0 Å². The quantitative estimate of drug-likeness (QED) is 0.420. The molecule has 0 saturated carbocycles. The van der Waals surface area contributed by atoms with E-state index >= 15 is 0 Å². The first-order valence-electron chi connectivity index (χ1n) is 8.47. The second kappa shape index (κ2) is 8.17. The van der Waals surface area contributed by atoms with Crippen LogP contribution in [0.1, 0.15) is 12.5 Å². The molecule has 0 unspecified atom stereocenters. The minimum Gasteiger partial charge on any atom is -0.457 e. The van der Waals surface area contributed by atoms with Crippen LogP contribution in [0.3, 0.4) is 0 Å². The summed E-state index contributed by atoms with van der Waals surface area (Å²) in [4.78, 5) is 13.8. The van der Waals surface area contributed by atoms with Gasteiger partial charge in [-0.05, 0) is 48.9 Å². The van der Waals surface area contributed by atoms with Crippen molar-refractivity contribution in [1.29, 1.82) is 0 Å². The molecule has 0 atom stereocenters. The molecule has 0 N–H and O–H groups in total. The summed E-state index contributed by atoms with van der Waals surface area (Å²) in [6.07, 6.45) is 0. The number of benzene rings is 3. The number of anilines is 3. The number of hydrogen-bond donors (Lipinski definition) is 0. The number of carbonyl (C=O) groups is 1. The van der Waals surface area contributed by atoms with Crippen LogP contribution in [0.2, 0.25) is 0 Å². The molecule has 3 heteroatoms. The number of hydrogen-bond acceptors (Lipinski definition) is 3. The van der Waals surface area contributed by atoms with E-state index in [1.807, 2.05) is 60.7 Å². The molecule has 3 aromatic rings. The highest BCUT2D eigenvalue weighted by atomic mass is 16.5. The van der Waals surface area contributed by atoms with E-state index < -0.39 is 0 Å². The Labute approximate surface area is 154 Å². The molecule has 0 aliphatic rings. The highest BCUT2D eigenvalue weighted by molar-refractivity contribution is 5.87. The Morgan fingerprint density at radius 1 is 0.846 bits per heavy atom. The normalized spacial score (nSPS) is 10.2. The van der Waals surface area contributed by atoms with Crippen LogP contribution in [0.15, 0.2) is 97.1 Å². The van der Waals surface area contributed by atoms with Gasteiger partial charge >= 0.3 is 5.97 Å². The predicted molar refractivity (Wildman–Crippen MR) is 106 cm³/mol. The number of rotatable bonds is 6. The standard InChI is InChI=1S/C23H21NO2/c1-18(2)23(25)26-17-19-10-9-15-22(16-19)24(20-11-5-3-6-12-20)21-13-7-4-8-14-21/h3-16H,1,17H2,2H3. The zero-order valence-electron chi connectivity index (χ0n) is 14.8. The topological polar surface area (TPSA) is 29.5 Å². The van der Waals surface area contributed by atoms with Crippen molar-refractivity contribution in [2.45, 2.75) is 13.5 Å². The molecule has 0 aromatic heterocycles. The molecule has 130 valence electrons. The van der Waals surface area contributed by atoms with E-state index in [1.165, 1.54) is 0 Å². The van der Waals surface area contributed by atoms with E-state index in [-0.39, 0.29) is 12.6 Å². The van der Waals surface area contributed by atoms with Gasteiger partial charge in [-0.2, -0.15) is 0 Å². The van der Waals surface area contributed by atoms with Gasteiger partial charge in [0.15, 0.2) is 0 Å². The van der Waals surface area contributed by atoms with Crippen molar-refractivity contribution in [2.75, 3.05) is 4.90 Å². The van der Waals surface area contributed by atoms with E-state index in [1.54, 1.807) is 6.92 Å². The third-order valence-corrected chi connectivity index (χ3v) is 3.92. The van der Waals surface area contributed by atoms with Crippen LogP contribution in [0.5, 0.6) is 0 Å². The Hall–Kier alpha value is -3.33. The average Bonchev–Trinajstić information content (AvgIpc) is 2.68. The average molecular weight is 343 g/mol. The van der Waals surface area contributed by atoms with Gasteiger partial charge in [-0.25, -0.2) is 4.79 Å². The third kappa shape index (κ3) is 4.19. The second-order valence-corrected chi connectivity index (χ2v) is 6.03. The second-order valence-electron chi connectivity index (χ2n) is 6.03. The zero-order chi connectivity index (χ0) is 18.4. The summed E-state index contributed by atoms with van der Waals surface area (Å²) in [6, 6.07) is 28.3. The first-order valence-corrected chi connectivity index (χ1v) is 8.47. The molecule has 3 rings (SSSR count). The van der Waals surface area contributed by atoms with E-state index in [0.29, 0.717) is 5.57 Å². The van der Waals surface area contributed by atoms with E-state index in [0.717, 1.165) is 22.6 Å². The number of ether oxygens (including phenoxy) is 1. The molecule has 0 aliphatic heterocycles. The molecule has 3 aromatic carbocycles. The summed E-state index contributed by atoms with van der Waals surface area (Å²) in [5.74, 6) is -0.377. The van der Waals surface area contributed by atoms with E-state index in [2.05, 4.69) is 35.7 Å². The molecular weight excluding hydrogens is 322 g/mol. The van der Waals surface area contributed by atoms with Crippen molar-refractivity contribution < 1.29 is 9.53 Å². The Morgan fingerprint density at radius 3 is 1.92 bits per heavy atom. The van der Waals surface area contributed by atoms with Crippen molar-refractivity contribution in [1.82, 2.24) is 0 Å². The molecule has 3 nitrogen and oxygen atoms in total. The highest BCUT2D eigenvalue weighted by Crippen LogP contribution is 2.34. The number of esters is 1. The van der Waals surface area contributed by atoms with Crippen LogP contribution in [0.25, 0.3) is 0 Å². The Morgan fingerprint density at radius 2 is 1.38 bits per heavy atom. The van der Waals surface area contributed by atoms with Gasteiger partial charge in [0.25, 0.3) is 0 Å². The first-order chi connectivity index (χ1) is 12.6. The lowest BCUT2D eigenvalue weighted by atomic mass is 10.1. The maximum Gasteiger partial charge on any atom is 0.333 e. The van der Waals surface area contributed by atoms with Crippen molar-refractivity contribution >= 4 is 23.0 Å². The fraction of sp³-hybridized carbons (Fsp3) is 0.0870. The predicted octanol–water partition coefficient (Wildman–Crippen LogP) is 5.78. The maximum atomic E-state index is 11.6. The fourth-order valence-electron chi connectivity index (χ4n) is 2.66. The number of carbonyl (C=O) groups excluding carboxylic acids is 1. The molecule has 0 heterocycles. The van der Waals surface area contributed by atoms with Gasteiger partial charge in [0.1, 0.15) is 6.61 Å². The Bertz CT molecular complexity index is 849. The first kappa shape index (κ1) is 17.5. The number of nitrogens with zero attached hydrogens (tertiary/aromatic N) is 1. The summed E-state index contributed by atoms with van der Waals surface area (Å²) in [5, 5.41) is 0. The minimum absolute atomic E-state index is 0.219. The summed E-state index contributed by atoms with van der Waals surface area (Å²) in [5.41, 5.74) is 4.46. The van der Waals surface area contributed by atoms with Gasteiger partial charge in [0, 0.05) is 22.6 Å². The lowest BCUT2D eigenvalue weighted by Crippen LogP contribution is -2.10. The highest BCUT2D eigenvalue weighted by Gasteiger charge is 2.12. The lowest BCUT2D eigenvalue weighted by Gasteiger charge is -2.25. The fourth-order valence-corrected chi connectivity index (χ4v) is 2.66. The third-order valence-electron chi connectivity index (χ3n) is 3.92. The maximum absolute atomic E-state index is 11.6. The van der Waals surface area contributed by atoms with E-state index in [9.17, 15) is 4.79 Å². The molecule has 0 spiro atoms. The van der Waals surface area contributed by atoms with Crippen LogP contribution in [0.4, 0.5) is 17.1 Å². The Balaban J connectivity index is 1.94. The monoisotopic (exact) mass is 343 g/mol. The molecular formula is C23H21NO2. The molecule has 26 heavy (non-hydrogen) atoms. The molecule has 0 amide bonds. The van der Waals surface area contributed by atoms with Crippen LogP contribution < -0.4 is 4.90 Å². The lowest BCUT2D eigenvalue weighted by molar-refractivity contribution is -0.140.